The second kappa shape index (κ2) is 3.94. The van der Waals surface area contributed by atoms with Crippen molar-refractivity contribution in [3.05, 3.63) is 11.6 Å². The number of nitriles is 1. The van der Waals surface area contributed by atoms with Crippen LogP contribution >= 0.6 is 11.3 Å². The van der Waals surface area contributed by atoms with Gasteiger partial charge in [-0.05, 0) is 6.07 Å². The first-order valence-electron chi connectivity index (χ1n) is 4.58. The third-order valence-electron chi connectivity index (χ3n) is 2.03. The molecule has 2 aromatic heterocycles. The van der Waals surface area contributed by atoms with Crippen LogP contribution < -0.4 is 9.64 Å². The highest BCUT2D eigenvalue weighted by atomic mass is 32.1. The zero-order valence-electron chi connectivity index (χ0n) is 9.18. The number of anilines is 1. The number of methoxy groups -OCH3 is 1. The van der Waals surface area contributed by atoms with Crippen molar-refractivity contribution in [2.75, 3.05) is 26.1 Å². The summed E-state index contributed by atoms with van der Waals surface area (Å²) in [6.07, 6.45) is 0. The molecule has 0 N–H and O–H groups in total. The molecule has 6 heteroatoms. The Hall–Kier alpha value is -1.87. The van der Waals surface area contributed by atoms with Crippen molar-refractivity contribution in [1.29, 1.82) is 5.26 Å². The maximum absolute atomic E-state index is 8.92. The first kappa shape index (κ1) is 10.6. The Bertz CT molecular complexity index is 570. The summed E-state index contributed by atoms with van der Waals surface area (Å²) < 4.78 is 5.05. The molecule has 0 radical (unpaired) electrons. The molecule has 2 aromatic rings. The molecule has 0 saturated heterocycles. The molecule has 2 rings (SSSR count). The van der Waals surface area contributed by atoms with Gasteiger partial charge in [0, 0.05) is 14.1 Å². The van der Waals surface area contributed by atoms with Gasteiger partial charge >= 0.3 is 0 Å². The zero-order valence-corrected chi connectivity index (χ0v) is 10.00. The normalized spacial score (nSPS) is 10.1. The minimum absolute atomic E-state index is 0.351. The van der Waals surface area contributed by atoms with Gasteiger partial charge < -0.3 is 9.64 Å². The van der Waals surface area contributed by atoms with Gasteiger partial charge in [-0.1, -0.05) is 11.3 Å². The number of fused-ring (bicyclic) bond motifs is 1. The van der Waals surface area contributed by atoms with Crippen molar-refractivity contribution in [3.63, 3.8) is 0 Å². The van der Waals surface area contributed by atoms with Gasteiger partial charge in [0.25, 0.3) is 0 Å². The van der Waals surface area contributed by atoms with Crippen molar-refractivity contribution in [1.82, 2.24) is 9.97 Å². The van der Waals surface area contributed by atoms with Gasteiger partial charge in [-0.25, -0.2) is 4.98 Å². The number of nitrogens with zero attached hydrogens (tertiary/aromatic N) is 4. The largest absolute Gasteiger partial charge is 0.480 e. The van der Waals surface area contributed by atoms with Gasteiger partial charge in [0.1, 0.15) is 22.0 Å². The molecule has 0 fully saturated rings. The lowest BCUT2D eigenvalue weighted by atomic mass is 10.3. The van der Waals surface area contributed by atoms with Crippen molar-refractivity contribution < 1.29 is 4.74 Å². The summed E-state index contributed by atoms with van der Waals surface area (Å²) in [5.41, 5.74) is 1.14. The van der Waals surface area contributed by atoms with Crippen LogP contribution in [0.15, 0.2) is 6.07 Å². The molecule has 0 saturated carbocycles. The quantitative estimate of drug-likeness (QED) is 0.790. The molecule has 0 aliphatic carbocycles. The van der Waals surface area contributed by atoms with Crippen LogP contribution in [0, 0.1) is 11.3 Å². The summed E-state index contributed by atoms with van der Waals surface area (Å²) in [5.74, 6) is 0.351. The summed E-state index contributed by atoms with van der Waals surface area (Å²) in [7, 11) is 5.34. The number of pyridine rings is 1. The fraction of sp³-hybridized carbons (Fsp3) is 0.300. The van der Waals surface area contributed by atoms with Crippen molar-refractivity contribution in [2.45, 2.75) is 0 Å². The molecule has 82 valence electrons. The van der Waals surface area contributed by atoms with Crippen LogP contribution in [0.25, 0.3) is 10.3 Å². The highest BCUT2D eigenvalue weighted by molar-refractivity contribution is 7.21. The molecule has 0 unspecified atom stereocenters. The molecule has 0 bridgehead atoms. The van der Waals surface area contributed by atoms with Gasteiger partial charge in [0.05, 0.1) is 7.11 Å². The molecule has 0 aliphatic rings. The first-order chi connectivity index (χ1) is 7.65. The Balaban J connectivity index is 2.65. The molecule has 2 heterocycles. The van der Waals surface area contributed by atoms with E-state index in [0.29, 0.717) is 11.4 Å². The minimum Gasteiger partial charge on any atom is -0.480 e. The average molecular weight is 234 g/mol. The van der Waals surface area contributed by atoms with Crippen LogP contribution in [-0.2, 0) is 0 Å². The zero-order chi connectivity index (χ0) is 11.7. The van der Waals surface area contributed by atoms with Gasteiger partial charge in [-0.2, -0.15) is 10.2 Å². The van der Waals surface area contributed by atoms with Crippen molar-refractivity contribution in [2.24, 2.45) is 0 Å². The van der Waals surface area contributed by atoms with Gasteiger partial charge in [-0.3, -0.25) is 0 Å². The average Bonchev–Trinajstić information content (AvgIpc) is 2.69. The second-order valence-electron chi connectivity index (χ2n) is 3.37. The van der Waals surface area contributed by atoms with E-state index in [9.17, 15) is 0 Å². The molecular formula is C10H10N4OS. The number of hydrogen-bond donors (Lipinski definition) is 0. The molecule has 0 spiro atoms. The minimum atomic E-state index is 0.351. The molecule has 16 heavy (non-hydrogen) atoms. The van der Waals surface area contributed by atoms with Gasteiger partial charge in [-0.15, -0.1) is 0 Å². The lowest BCUT2D eigenvalue weighted by Gasteiger charge is -2.04. The summed E-state index contributed by atoms with van der Waals surface area (Å²) in [4.78, 5) is 11.3. The van der Waals surface area contributed by atoms with Gasteiger partial charge in [0.2, 0.25) is 5.88 Å². The number of thiazole rings is 1. The number of hydrogen-bond acceptors (Lipinski definition) is 6. The summed E-state index contributed by atoms with van der Waals surface area (Å²) in [6.45, 7) is 0. The molecule has 0 atom stereocenters. The van der Waals surface area contributed by atoms with E-state index in [2.05, 4.69) is 9.97 Å². The summed E-state index contributed by atoms with van der Waals surface area (Å²) in [5, 5.41) is 9.78. The van der Waals surface area contributed by atoms with Crippen LogP contribution in [0.3, 0.4) is 0 Å². The van der Waals surface area contributed by atoms with E-state index in [0.717, 1.165) is 15.5 Å². The predicted octanol–water partition coefficient (Wildman–Crippen LogP) is 1.64. The van der Waals surface area contributed by atoms with Crippen molar-refractivity contribution >= 4 is 26.8 Å². The molecule has 0 amide bonds. The third-order valence-corrected chi connectivity index (χ3v) is 3.17. The van der Waals surface area contributed by atoms with Crippen LogP contribution in [-0.4, -0.2) is 31.2 Å². The smallest absolute Gasteiger partial charge is 0.232 e. The molecule has 0 aliphatic heterocycles. The Labute approximate surface area is 96.9 Å². The lowest BCUT2D eigenvalue weighted by molar-refractivity contribution is 0.398. The van der Waals surface area contributed by atoms with E-state index in [-0.39, 0.29) is 0 Å². The van der Waals surface area contributed by atoms with E-state index >= 15 is 0 Å². The maximum Gasteiger partial charge on any atom is 0.232 e. The fourth-order valence-electron chi connectivity index (χ4n) is 1.26. The number of rotatable bonds is 2. The summed E-state index contributed by atoms with van der Waals surface area (Å²) in [6, 6.07) is 3.74. The number of aromatic nitrogens is 2. The van der Waals surface area contributed by atoms with E-state index in [1.54, 1.807) is 6.07 Å². The van der Waals surface area contributed by atoms with Gasteiger partial charge in [0.15, 0.2) is 5.13 Å². The monoisotopic (exact) mass is 234 g/mol. The highest BCUT2D eigenvalue weighted by Crippen LogP contribution is 2.29. The third kappa shape index (κ3) is 1.66. The Kier molecular flexibility index (Phi) is 2.62. The molecule has 0 aromatic carbocycles. The van der Waals surface area contributed by atoms with Crippen LogP contribution in [0.2, 0.25) is 0 Å². The molecular weight excluding hydrogens is 224 g/mol. The van der Waals surface area contributed by atoms with Crippen molar-refractivity contribution in [3.8, 4) is 11.9 Å². The molecule has 5 nitrogen and oxygen atoms in total. The topological polar surface area (TPSA) is 62.0 Å². The van der Waals surface area contributed by atoms with E-state index < -0.39 is 0 Å². The maximum atomic E-state index is 8.92. The van der Waals surface area contributed by atoms with Crippen LogP contribution in [0.4, 0.5) is 5.13 Å². The first-order valence-corrected chi connectivity index (χ1v) is 5.40. The van der Waals surface area contributed by atoms with Crippen LogP contribution in [0.5, 0.6) is 5.88 Å². The fourth-order valence-corrected chi connectivity index (χ4v) is 2.10. The SMILES string of the molecule is COc1nc2sc(N(C)C)nc2cc1C#N. The highest BCUT2D eigenvalue weighted by Gasteiger charge is 2.12. The standard InChI is InChI=1S/C10H10N4OS/c1-14(2)10-12-7-4-6(5-11)8(15-3)13-9(7)16-10/h4H,1-3H3. The van der Waals surface area contributed by atoms with E-state index in [1.165, 1.54) is 18.4 Å². The second-order valence-corrected chi connectivity index (χ2v) is 4.33. The predicted molar refractivity (Wildman–Crippen MR) is 63.0 cm³/mol. The Morgan fingerprint density at radius 3 is 2.75 bits per heavy atom. The number of ether oxygens (including phenoxy) is 1. The van der Waals surface area contributed by atoms with E-state index in [4.69, 9.17) is 10.00 Å². The Morgan fingerprint density at radius 1 is 1.44 bits per heavy atom. The van der Waals surface area contributed by atoms with Crippen LogP contribution in [0.1, 0.15) is 5.56 Å². The Morgan fingerprint density at radius 2 is 2.19 bits per heavy atom. The lowest BCUT2D eigenvalue weighted by Crippen LogP contribution is -2.07. The van der Waals surface area contributed by atoms with E-state index in [1.807, 2.05) is 25.1 Å². The summed E-state index contributed by atoms with van der Waals surface area (Å²) >= 11 is 1.47.